The number of allylic oxidation sites excluding steroid dienone is 1. The van der Waals surface area contributed by atoms with E-state index in [9.17, 15) is 18.0 Å². The Balaban J connectivity index is 2.13. The highest BCUT2D eigenvalue weighted by Crippen LogP contribution is 2.31. The maximum atomic E-state index is 12.4. The molecule has 1 nitrogen and oxygen atoms in total. The van der Waals surface area contributed by atoms with E-state index >= 15 is 0 Å². The van der Waals surface area contributed by atoms with Crippen molar-refractivity contribution < 1.29 is 18.0 Å². The van der Waals surface area contributed by atoms with Gasteiger partial charge in [-0.25, -0.2) is 0 Å². The number of rotatable bonds is 3. The number of halogens is 3. The van der Waals surface area contributed by atoms with Gasteiger partial charge in [0.25, 0.3) is 0 Å². The van der Waals surface area contributed by atoms with Crippen LogP contribution < -0.4 is 0 Å². The predicted molar refractivity (Wildman–Crippen MR) is 58.2 cm³/mol. The van der Waals surface area contributed by atoms with Gasteiger partial charge in [-0.3, -0.25) is 4.79 Å². The van der Waals surface area contributed by atoms with E-state index in [0.717, 1.165) is 25.0 Å². The molecule has 2 rings (SSSR count). The number of carbonyl (C=O) groups excluding carboxylic acids is 1. The smallest absolute Gasteiger partial charge is 0.295 e. The molecule has 0 aliphatic heterocycles. The zero-order chi connectivity index (χ0) is 12.5. The fourth-order valence-corrected chi connectivity index (χ4v) is 1.50. The van der Waals surface area contributed by atoms with Gasteiger partial charge in [-0.05, 0) is 36.6 Å². The average Bonchev–Trinajstić information content (AvgIpc) is 3.09. The van der Waals surface area contributed by atoms with Crippen molar-refractivity contribution in [2.45, 2.75) is 19.0 Å². The molecule has 0 spiro atoms. The molecule has 1 aliphatic rings. The van der Waals surface area contributed by atoms with Gasteiger partial charge in [0.15, 0.2) is 5.78 Å². The van der Waals surface area contributed by atoms with Crippen LogP contribution in [0.5, 0.6) is 0 Å². The van der Waals surface area contributed by atoms with Gasteiger partial charge >= 0.3 is 6.18 Å². The first-order chi connectivity index (χ1) is 7.97. The second kappa shape index (κ2) is 4.35. The summed E-state index contributed by atoms with van der Waals surface area (Å²) in [4.78, 5) is 11.4. The molecule has 0 amide bonds. The molecule has 0 heterocycles. The van der Waals surface area contributed by atoms with E-state index in [1.807, 2.05) is 0 Å². The molecule has 90 valence electrons. The van der Waals surface area contributed by atoms with Crippen LogP contribution in [0, 0.1) is 5.92 Å². The van der Waals surface area contributed by atoms with Crippen LogP contribution in [0.3, 0.4) is 0 Å². The first-order valence-corrected chi connectivity index (χ1v) is 5.36. The standard InChI is InChI=1S/C13H11F3O/c14-13(15,16)11-3-1-2-9(8-11)4-7-12(17)10-5-6-10/h1-4,7-8,10H,5-6H2/b7-4+. The monoisotopic (exact) mass is 240 g/mol. The van der Waals surface area contributed by atoms with Crippen LogP contribution in [-0.4, -0.2) is 5.78 Å². The van der Waals surface area contributed by atoms with E-state index in [-0.39, 0.29) is 11.7 Å². The van der Waals surface area contributed by atoms with Crippen molar-refractivity contribution in [1.29, 1.82) is 0 Å². The molecule has 1 aliphatic carbocycles. The number of hydrogen-bond acceptors (Lipinski definition) is 1. The Bertz CT molecular complexity index is 456. The number of ketones is 1. The van der Waals surface area contributed by atoms with Crippen LogP contribution in [0.4, 0.5) is 13.2 Å². The lowest BCUT2D eigenvalue weighted by Gasteiger charge is -2.06. The maximum absolute atomic E-state index is 12.4. The largest absolute Gasteiger partial charge is 0.416 e. The van der Waals surface area contributed by atoms with Crippen molar-refractivity contribution in [1.82, 2.24) is 0 Å². The molecule has 1 aromatic rings. The zero-order valence-corrected chi connectivity index (χ0v) is 9.00. The summed E-state index contributed by atoms with van der Waals surface area (Å²) in [5.74, 6) is 0.0967. The van der Waals surface area contributed by atoms with Gasteiger partial charge in [-0.2, -0.15) is 13.2 Å². The zero-order valence-electron chi connectivity index (χ0n) is 9.00. The Morgan fingerprint density at radius 3 is 2.59 bits per heavy atom. The van der Waals surface area contributed by atoms with Crippen LogP contribution in [0.15, 0.2) is 30.3 Å². The summed E-state index contributed by atoms with van der Waals surface area (Å²) in [6.45, 7) is 0. The minimum absolute atomic E-state index is 0.00223. The summed E-state index contributed by atoms with van der Waals surface area (Å²) >= 11 is 0. The molecule has 0 bridgehead atoms. The minimum Gasteiger partial charge on any atom is -0.295 e. The molecule has 1 aromatic carbocycles. The molecule has 17 heavy (non-hydrogen) atoms. The van der Waals surface area contributed by atoms with Crippen molar-refractivity contribution in [3.05, 3.63) is 41.5 Å². The fraction of sp³-hybridized carbons (Fsp3) is 0.308. The van der Waals surface area contributed by atoms with E-state index in [1.165, 1.54) is 18.2 Å². The Labute approximate surface area is 96.9 Å². The van der Waals surface area contributed by atoms with Crippen molar-refractivity contribution in [3.8, 4) is 0 Å². The molecule has 0 unspecified atom stereocenters. The Morgan fingerprint density at radius 2 is 2.00 bits per heavy atom. The lowest BCUT2D eigenvalue weighted by atomic mass is 10.1. The second-order valence-corrected chi connectivity index (χ2v) is 4.13. The summed E-state index contributed by atoms with van der Waals surface area (Å²) in [6.07, 6.45) is 0.255. The van der Waals surface area contributed by atoms with Crippen LogP contribution in [0.25, 0.3) is 6.08 Å². The Hall–Kier alpha value is -1.58. The Kier molecular flexibility index (Phi) is 3.05. The lowest BCUT2D eigenvalue weighted by molar-refractivity contribution is -0.137. The van der Waals surface area contributed by atoms with E-state index in [4.69, 9.17) is 0 Å². The van der Waals surface area contributed by atoms with E-state index in [1.54, 1.807) is 6.07 Å². The molecule has 0 saturated heterocycles. The molecular formula is C13H11F3O. The predicted octanol–water partition coefficient (Wildman–Crippen LogP) is 3.70. The van der Waals surface area contributed by atoms with Crippen molar-refractivity contribution in [3.63, 3.8) is 0 Å². The summed E-state index contributed by atoms with van der Waals surface area (Å²) < 4.78 is 37.2. The van der Waals surface area contributed by atoms with Crippen molar-refractivity contribution in [2.75, 3.05) is 0 Å². The van der Waals surface area contributed by atoms with Crippen LogP contribution in [-0.2, 0) is 11.0 Å². The van der Waals surface area contributed by atoms with Crippen LogP contribution in [0.1, 0.15) is 24.0 Å². The van der Waals surface area contributed by atoms with Gasteiger partial charge in [-0.15, -0.1) is 0 Å². The number of benzene rings is 1. The summed E-state index contributed by atoms with van der Waals surface area (Å²) in [5, 5.41) is 0. The maximum Gasteiger partial charge on any atom is 0.416 e. The van der Waals surface area contributed by atoms with Gasteiger partial charge in [-0.1, -0.05) is 18.2 Å². The third-order valence-electron chi connectivity index (χ3n) is 2.63. The molecular weight excluding hydrogens is 229 g/mol. The first-order valence-electron chi connectivity index (χ1n) is 5.36. The van der Waals surface area contributed by atoms with Crippen LogP contribution >= 0.6 is 0 Å². The fourth-order valence-electron chi connectivity index (χ4n) is 1.50. The third kappa shape index (κ3) is 3.19. The molecule has 0 N–H and O–H groups in total. The third-order valence-corrected chi connectivity index (χ3v) is 2.63. The van der Waals surface area contributed by atoms with Gasteiger partial charge in [0, 0.05) is 5.92 Å². The van der Waals surface area contributed by atoms with E-state index < -0.39 is 11.7 Å². The normalized spacial score (nSPS) is 16.4. The lowest BCUT2D eigenvalue weighted by Crippen LogP contribution is -2.04. The number of hydrogen-bond donors (Lipinski definition) is 0. The van der Waals surface area contributed by atoms with Gasteiger partial charge in [0.05, 0.1) is 5.56 Å². The Morgan fingerprint density at radius 1 is 1.29 bits per heavy atom. The summed E-state index contributed by atoms with van der Waals surface area (Å²) in [5.41, 5.74) is -0.299. The summed E-state index contributed by atoms with van der Waals surface area (Å²) in [6, 6.07) is 4.94. The highest BCUT2D eigenvalue weighted by molar-refractivity contribution is 5.96. The quantitative estimate of drug-likeness (QED) is 0.736. The van der Waals surface area contributed by atoms with Gasteiger partial charge in [0.1, 0.15) is 0 Å². The molecule has 4 heteroatoms. The summed E-state index contributed by atoms with van der Waals surface area (Å²) in [7, 11) is 0. The molecule has 0 atom stereocenters. The highest BCUT2D eigenvalue weighted by Gasteiger charge is 2.30. The first kappa shape index (κ1) is 11.9. The van der Waals surface area contributed by atoms with E-state index in [0.29, 0.717) is 5.56 Å². The van der Waals surface area contributed by atoms with Gasteiger partial charge < -0.3 is 0 Å². The van der Waals surface area contributed by atoms with Crippen LogP contribution in [0.2, 0.25) is 0 Å². The molecule has 0 aromatic heterocycles. The number of alkyl halides is 3. The molecule has 1 saturated carbocycles. The molecule has 0 radical (unpaired) electrons. The van der Waals surface area contributed by atoms with Crippen molar-refractivity contribution >= 4 is 11.9 Å². The second-order valence-electron chi connectivity index (χ2n) is 4.13. The van der Waals surface area contributed by atoms with Gasteiger partial charge in [0.2, 0.25) is 0 Å². The SMILES string of the molecule is O=C(/C=C/c1cccc(C(F)(F)F)c1)C1CC1. The molecule has 1 fully saturated rings. The van der Waals surface area contributed by atoms with E-state index in [2.05, 4.69) is 0 Å². The average molecular weight is 240 g/mol. The number of carbonyl (C=O) groups is 1. The van der Waals surface area contributed by atoms with Crippen molar-refractivity contribution in [2.24, 2.45) is 5.92 Å². The topological polar surface area (TPSA) is 17.1 Å². The highest BCUT2D eigenvalue weighted by atomic mass is 19.4. The minimum atomic E-state index is -4.34.